The van der Waals surface area contributed by atoms with E-state index >= 15 is 0 Å². The third kappa shape index (κ3) is 6.81. The monoisotopic (exact) mass is 723 g/mol. The highest BCUT2D eigenvalue weighted by Crippen LogP contribution is 2.34. The van der Waals surface area contributed by atoms with Crippen molar-refractivity contribution in [2.75, 3.05) is 10.6 Å². The zero-order valence-electron chi connectivity index (χ0n) is 30.5. The van der Waals surface area contributed by atoms with E-state index in [9.17, 15) is 0 Å². The number of rotatable bonds is 8. The van der Waals surface area contributed by atoms with Gasteiger partial charge in [0.05, 0.1) is 47.2 Å². The number of anilines is 2. The fourth-order valence-electron chi connectivity index (χ4n) is 6.88. The first kappa shape index (κ1) is 33.4. The molecule has 6 heterocycles. The Morgan fingerprint density at radius 3 is 1.73 bits per heavy atom. The zero-order chi connectivity index (χ0) is 37.3. The Hall–Kier alpha value is -7.41. The van der Waals surface area contributed by atoms with Crippen LogP contribution >= 0.6 is 0 Å². The average molecular weight is 724 g/mol. The summed E-state index contributed by atoms with van der Waals surface area (Å²) in [4.78, 5) is 29.7. The van der Waals surface area contributed by atoms with Crippen LogP contribution in [0, 0.1) is 6.92 Å². The molecule has 0 aliphatic carbocycles. The highest BCUT2D eigenvalue weighted by atomic mass is 15.2. The Balaban J connectivity index is 0.000000144. The van der Waals surface area contributed by atoms with Gasteiger partial charge in [0.2, 0.25) is 0 Å². The van der Waals surface area contributed by atoms with Crippen LogP contribution in [-0.4, -0.2) is 54.2 Å². The minimum Gasteiger partial charge on any atom is -0.379 e. The molecule has 13 heteroatoms. The highest BCUT2D eigenvalue weighted by Gasteiger charge is 2.13. The number of nitrogens with one attached hydrogen (secondary N) is 4. The summed E-state index contributed by atoms with van der Waals surface area (Å²) in [6.07, 6.45) is 14.6. The Labute approximate surface area is 315 Å². The molecule has 0 atom stereocenters. The minimum absolute atomic E-state index is 0.534. The molecule has 13 nitrogen and oxygen atoms in total. The van der Waals surface area contributed by atoms with Gasteiger partial charge in [-0.2, -0.15) is 5.10 Å². The van der Waals surface area contributed by atoms with Gasteiger partial charge in [-0.3, -0.25) is 25.0 Å². The first-order valence-electron chi connectivity index (χ1n) is 17.9. The molecule has 0 amide bonds. The molecule has 10 rings (SSSR count). The Kier molecular flexibility index (Phi) is 8.63. The average Bonchev–Trinajstić information content (AvgIpc) is 4.05. The maximum atomic E-state index is 4.59. The van der Waals surface area contributed by atoms with Crippen LogP contribution in [-0.2, 0) is 27.2 Å². The van der Waals surface area contributed by atoms with E-state index in [2.05, 4.69) is 152 Å². The molecule has 0 bridgehead atoms. The highest BCUT2D eigenvalue weighted by molar-refractivity contribution is 5.98. The van der Waals surface area contributed by atoms with Crippen molar-refractivity contribution in [1.82, 2.24) is 54.2 Å². The third-order valence-electron chi connectivity index (χ3n) is 9.68. The van der Waals surface area contributed by atoms with Crippen LogP contribution < -0.4 is 10.6 Å². The molecule has 270 valence electrons. The van der Waals surface area contributed by atoms with Crippen LogP contribution in [0.2, 0.25) is 0 Å². The Morgan fingerprint density at radius 1 is 0.636 bits per heavy atom. The summed E-state index contributed by atoms with van der Waals surface area (Å²) < 4.78 is 4.26. The van der Waals surface area contributed by atoms with Gasteiger partial charge in [0, 0.05) is 91.0 Å². The fourth-order valence-corrected chi connectivity index (χ4v) is 6.88. The molecule has 10 aromatic rings. The van der Waals surface area contributed by atoms with Crippen LogP contribution in [0.3, 0.4) is 0 Å². The van der Waals surface area contributed by atoms with Gasteiger partial charge in [-0.1, -0.05) is 24.3 Å². The van der Waals surface area contributed by atoms with Gasteiger partial charge in [0.1, 0.15) is 5.82 Å². The maximum absolute atomic E-state index is 4.59. The van der Waals surface area contributed by atoms with Crippen LogP contribution in [0.5, 0.6) is 0 Å². The molecule has 0 unspecified atom stereocenters. The lowest BCUT2D eigenvalue weighted by atomic mass is 10.0. The molecule has 0 aliphatic rings. The molecule has 0 aliphatic heterocycles. The van der Waals surface area contributed by atoms with Gasteiger partial charge in [-0.15, -0.1) is 0 Å². The fraction of sp³-hybridized carbons (Fsp3) is 0.119. The normalized spacial score (nSPS) is 11.3. The van der Waals surface area contributed by atoms with Crippen molar-refractivity contribution in [1.29, 1.82) is 0 Å². The number of benzene rings is 4. The van der Waals surface area contributed by atoms with E-state index in [0.717, 1.165) is 73.0 Å². The Bertz CT molecular complexity index is 2940. The molecule has 0 saturated carbocycles. The number of hydrogen-bond donors (Lipinski definition) is 4. The van der Waals surface area contributed by atoms with Gasteiger partial charge in [0.25, 0.3) is 0 Å². The van der Waals surface area contributed by atoms with Crippen molar-refractivity contribution in [2.24, 2.45) is 14.1 Å². The molecule has 6 aromatic heterocycles. The van der Waals surface area contributed by atoms with E-state index < -0.39 is 0 Å². The summed E-state index contributed by atoms with van der Waals surface area (Å²) in [6.45, 7) is 3.09. The van der Waals surface area contributed by atoms with Gasteiger partial charge < -0.3 is 24.8 Å². The van der Waals surface area contributed by atoms with Crippen molar-refractivity contribution < 1.29 is 0 Å². The van der Waals surface area contributed by atoms with Crippen molar-refractivity contribution in [2.45, 2.75) is 20.0 Å². The number of nitrogens with zero attached hydrogens (tertiary/aromatic N) is 9. The molecule has 0 saturated heterocycles. The van der Waals surface area contributed by atoms with Crippen LogP contribution in [0.1, 0.15) is 17.3 Å². The molecule has 55 heavy (non-hydrogen) atoms. The molecule has 0 fully saturated rings. The molecule has 4 aromatic carbocycles. The van der Waals surface area contributed by atoms with Gasteiger partial charge >= 0.3 is 0 Å². The quantitative estimate of drug-likeness (QED) is 0.122. The number of imidazole rings is 1. The summed E-state index contributed by atoms with van der Waals surface area (Å²) in [7, 11) is 4.12. The van der Waals surface area contributed by atoms with E-state index in [-0.39, 0.29) is 0 Å². The van der Waals surface area contributed by atoms with Gasteiger partial charge in [0.15, 0.2) is 5.82 Å². The number of aryl methyl sites for hydroxylation is 3. The lowest BCUT2D eigenvalue weighted by Gasteiger charge is -2.11. The molecule has 0 spiro atoms. The predicted molar refractivity (Wildman–Crippen MR) is 217 cm³/mol. The van der Waals surface area contributed by atoms with Crippen molar-refractivity contribution >= 4 is 55.2 Å². The standard InChI is InChI=1S/C21H19N7.C21H18N6/c1-13-25-20(27-26-13)12-24-16-10-17(21-18(11-16)22-6-7-23-21)15-4-3-14-5-8-28(2)19(14)9-15;1-27-7-4-14-2-3-15(8-20(14)27)18-9-16(25-12-17-11-22-13-26-17)10-19-21(18)24-6-5-23-19/h3-11,24H,12H2,1-2H3,(H,25,26,27);2-11,13,25H,12H2,1H3,(H,22,26). The first-order chi connectivity index (χ1) is 26.9. The first-order valence-corrected chi connectivity index (χ1v) is 17.9. The second-order valence-electron chi connectivity index (χ2n) is 13.4. The summed E-state index contributed by atoms with van der Waals surface area (Å²) in [6, 6.07) is 25.5. The van der Waals surface area contributed by atoms with Gasteiger partial charge in [-0.05, 0) is 77.4 Å². The SMILES string of the molecule is Cc1nc(CNc2cc(-c3ccc4ccn(C)c4c3)c3nccnc3c2)n[nH]1.Cn1ccc2ccc(-c3cc(NCc4cnc[nH]4)cc4nccnc34)cc21. The smallest absolute Gasteiger partial charge is 0.169 e. The molecular weight excluding hydrogens is 687 g/mol. The van der Waals surface area contributed by atoms with E-state index in [4.69, 9.17) is 0 Å². The van der Waals surface area contributed by atoms with E-state index in [1.54, 1.807) is 31.1 Å². The summed E-state index contributed by atoms with van der Waals surface area (Å²) in [5, 5.41) is 16.3. The number of H-pyrrole nitrogens is 2. The second-order valence-corrected chi connectivity index (χ2v) is 13.4. The topological polar surface area (TPSA) is 156 Å². The van der Waals surface area contributed by atoms with Crippen LogP contribution in [0.15, 0.2) is 123 Å². The number of aromatic amines is 2. The maximum Gasteiger partial charge on any atom is 0.169 e. The summed E-state index contributed by atoms with van der Waals surface area (Å²) >= 11 is 0. The number of hydrogen-bond acceptors (Lipinski definition) is 9. The third-order valence-corrected chi connectivity index (χ3v) is 9.68. The minimum atomic E-state index is 0.534. The van der Waals surface area contributed by atoms with Crippen molar-refractivity contribution in [3.05, 3.63) is 140 Å². The van der Waals surface area contributed by atoms with E-state index in [0.29, 0.717) is 13.1 Å². The van der Waals surface area contributed by atoms with Gasteiger partial charge in [-0.25, -0.2) is 9.97 Å². The number of aromatic nitrogens is 11. The van der Waals surface area contributed by atoms with E-state index in [1.807, 2.05) is 25.3 Å². The van der Waals surface area contributed by atoms with Crippen LogP contribution in [0.4, 0.5) is 11.4 Å². The predicted octanol–water partition coefficient (Wildman–Crippen LogP) is 7.95. The zero-order valence-corrected chi connectivity index (χ0v) is 30.5. The molecule has 0 radical (unpaired) electrons. The lowest BCUT2D eigenvalue weighted by Crippen LogP contribution is -2.02. The Morgan fingerprint density at radius 2 is 1.20 bits per heavy atom. The molecule has 4 N–H and O–H groups in total. The molecular formula is C42H37N13. The van der Waals surface area contributed by atoms with E-state index in [1.165, 1.54) is 21.8 Å². The summed E-state index contributed by atoms with van der Waals surface area (Å²) in [5.41, 5.74) is 13.2. The van der Waals surface area contributed by atoms with Crippen molar-refractivity contribution in [3.8, 4) is 22.3 Å². The van der Waals surface area contributed by atoms with Crippen LogP contribution in [0.25, 0.3) is 66.1 Å². The second kappa shape index (κ2) is 14.2. The van der Waals surface area contributed by atoms with Crippen molar-refractivity contribution in [3.63, 3.8) is 0 Å². The number of fused-ring (bicyclic) bond motifs is 4. The summed E-state index contributed by atoms with van der Waals surface area (Å²) in [5.74, 6) is 1.53. The lowest BCUT2D eigenvalue weighted by molar-refractivity contribution is 0.953. The largest absolute Gasteiger partial charge is 0.379 e.